The van der Waals surface area contributed by atoms with Gasteiger partial charge in [-0.25, -0.2) is 0 Å². The van der Waals surface area contributed by atoms with Crippen molar-refractivity contribution in [3.8, 4) is 0 Å². The number of nitroso groups, excluding NO2 is 1. The molecule has 0 atom stereocenters. The van der Waals surface area contributed by atoms with E-state index in [2.05, 4.69) is 53.6 Å². The zero-order valence-electron chi connectivity index (χ0n) is 11.8. The fourth-order valence-corrected chi connectivity index (χ4v) is 2.16. The first-order valence-electron chi connectivity index (χ1n) is 5.73. The molecule has 0 bridgehead atoms. The summed E-state index contributed by atoms with van der Waals surface area (Å²) in [5, 5.41) is 2.25. The lowest BCUT2D eigenvalue weighted by atomic mass is 9.78. The van der Waals surface area contributed by atoms with Crippen molar-refractivity contribution in [2.75, 3.05) is 7.05 Å². The first-order valence-corrected chi connectivity index (χ1v) is 5.73. The van der Waals surface area contributed by atoms with E-state index in [0.717, 1.165) is 5.92 Å². The molecule has 15 heavy (non-hydrogen) atoms. The maximum absolute atomic E-state index is 8.56. The largest absolute Gasteiger partial charge is 0.151 e. The van der Waals surface area contributed by atoms with Gasteiger partial charge in [0.15, 0.2) is 0 Å². The first kappa shape index (κ1) is 17.0. The average molecular weight is 215 g/mol. The molecular formula is C13H29NO. The molecule has 92 valence electrons. The topological polar surface area (TPSA) is 29.4 Å². The fourth-order valence-electron chi connectivity index (χ4n) is 2.16. The summed E-state index contributed by atoms with van der Waals surface area (Å²) in [6, 6.07) is 0. The molecule has 0 heterocycles. The first-order chi connectivity index (χ1) is 6.52. The molecule has 0 rings (SSSR count). The molecule has 0 radical (unpaired) electrons. The van der Waals surface area contributed by atoms with Gasteiger partial charge in [-0.1, -0.05) is 53.6 Å². The van der Waals surface area contributed by atoms with Crippen LogP contribution in [-0.2, 0) is 0 Å². The van der Waals surface area contributed by atoms with E-state index in [1.807, 2.05) is 0 Å². The van der Waals surface area contributed by atoms with Crippen molar-refractivity contribution in [2.45, 2.75) is 61.3 Å². The number of hydrogen-bond acceptors (Lipinski definition) is 2. The van der Waals surface area contributed by atoms with E-state index in [0.29, 0.717) is 10.8 Å². The fraction of sp³-hybridized carbons (Fsp3) is 1.00. The van der Waals surface area contributed by atoms with Gasteiger partial charge in [-0.05, 0) is 29.6 Å². The molecule has 0 spiro atoms. The lowest BCUT2D eigenvalue weighted by molar-refractivity contribution is 0.233. The van der Waals surface area contributed by atoms with Gasteiger partial charge in [0.2, 0.25) is 0 Å². The minimum absolute atomic E-state index is 0.491. The Morgan fingerprint density at radius 2 is 1.13 bits per heavy atom. The summed E-state index contributed by atoms with van der Waals surface area (Å²) in [7, 11) is 1.19. The highest BCUT2D eigenvalue weighted by atomic mass is 16.2. The Morgan fingerprint density at radius 3 is 1.27 bits per heavy atom. The Kier molecular flexibility index (Phi) is 7.90. The van der Waals surface area contributed by atoms with Crippen LogP contribution in [0.5, 0.6) is 0 Å². The lowest BCUT2D eigenvalue weighted by Gasteiger charge is -2.28. The molecule has 0 aliphatic carbocycles. The van der Waals surface area contributed by atoms with Crippen LogP contribution in [0.4, 0.5) is 0 Å². The van der Waals surface area contributed by atoms with Crippen LogP contribution >= 0.6 is 0 Å². The van der Waals surface area contributed by atoms with Gasteiger partial charge in [-0.2, -0.15) is 4.91 Å². The molecule has 0 aromatic rings. The van der Waals surface area contributed by atoms with Crippen LogP contribution in [-0.4, -0.2) is 7.05 Å². The van der Waals surface area contributed by atoms with Gasteiger partial charge in [0, 0.05) is 0 Å². The lowest BCUT2D eigenvalue weighted by Crippen LogP contribution is -2.16. The molecule has 0 aromatic carbocycles. The summed E-state index contributed by atoms with van der Waals surface area (Å²) < 4.78 is 0. The molecule has 2 heteroatoms. The highest BCUT2D eigenvalue weighted by Crippen LogP contribution is 2.32. The number of hydrogen-bond donors (Lipinski definition) is 0. The van der Waals surface area contributed by atoms with E-state index in [-0.39, 0.29) is 0 Å². The highest BCUT2D eigenvalue weighted by Gasteiger charge is 2.20. The second-order valence-electron chi connectivity index (χ2n) is 6.82. The molecule has 0 amide bonds. The van der Waals surface area contributed by atoms with Gasteiger partial charge in [-0.3, -0.25) is 0 Å². The van der Waals surface area contributed by atoms with Crippen molar-refractivity contribution < 1.29 is 0 Å². The highest BCUT2D eigenvalue weighted by molar-refractivity contribution is 4.71. The van der Waals surface area contributed by atoms with Crippen molar-refractivity contribution in [3.05, 3.63) is 4.91 Å². The van der Waals surface area contributed by atoms with E-state index in [4.69, 9.17) is 4.91 Å². The van der Waals surface area contributed by atoms with Crippen molar-refractivity contribution in [1.29, 1.82) is 0 Å². The van der Waals surface area contributed by atoms with Crippen LogP contribution in [0.2, 0.25) is 0 Å². The zero-order valence-corrected chi connectivity index (χ0v) is 11.8. The number of rotatable bonds is 2. The summed E-state index contributed by atoms with van der Waals surface area (Å²) >= 11 is 0. The molecule has 0 saturated carbocycles. The standard InChI is InChI=1S/C12H26.CH3NO/c1-10(8-11(2,3)4)9-12(5,6)7;1-2-3/h10H,8-9H2,1-7H3;1H3. The average Bonchev–Trinajstić information content (AvgIpc) is 1.77. The molecule has 2 nitrogen and oxygen atoms in total. The van der Waals surface area contributed by atoms with Crippen LogP contribution < -0.4 is 0 Å². The van der Waals surface area contributed by atoms with Gasteiger partial charge < -0.3 is 0 Å². The monoisotopic (exact) mass is 215 g/mol. The zero-order chi connectivity index (χ0) is 12.7. The van der Waals surface area contributed by atoms with Gasteiger partial charge in [0.1, 0.15) is 0 Å². The minimum atomic E-state index is 0.491. The maximum Gasteiger partial charge on any atom is 0.0700 e. The van der Waals surface area contributed by atoms with Gasteiger partial charge in [0.25, 0.3) is 0 Å². The van der Waals surface area contributed by atoms with Gasteiger partial charge >= 0.3 is 0 Å². The third-order valence-corrected chi connectivity index (χ3v) is 1.92. The van der Waals surface area contributed by atoms with Gasteiger partial charge in [-0.15, -0.1) is 0 Å². The van der Waals surface area contributed by atoms with Gasteiger partial charge in [0.05, 0.1) is 7.05 Å². The maximum atomic E-state index is 8.56. The minimum Gasteiger partial charge on any atom is -0.151 e. The van der Waals surface area contributed by atoms with Crippen LogP contribution in [0, 0.1) is 21.7 Å². The second kappa shape index (κ2) is 6.97. The van der Waals surface area contributed by atoms with Crippen LogP contribution in [0.1, 0.15) is 61.3 Å². The third kappa shape index (κ3) is 19.9. The Labute approximate surface area is 95.8 Å². The summed E-state index contributed by atoms with van der Waals surface area (Å²) in [5.74, 6) is 0.852. The molecular weight excluding hydrogens is 186 g/mol. The van der Waals surface area contributed by atoms with E-state index in [1.54, 1.807) is 0 Å². The van der Waals surface area contributed by atoms with Crippen LogP contribution in [0.3, 0.4) is 0 Å². The van der Waals surface area contributed by atoms with E-state index < -0.39 is 0 Å². The number of nitrogens with zero attached hydrogens (tertiary/aromatic N) is 1. The Hall–Kier alpha value is -0.400. The van der Waals surface area contributed by atoms with Crippen LogP contribution in [0.15, 0.2) is 5.18 Å². The van der Waals surface area contributed by atoms with E-state index in [9.17, 15) is 0 Å². The Morgan fingerprint density at radius 1 is 0.933 bits per heavy atom. The molecule has 0 N–H and O–H groups in total. The normalized spacial score (nSPS) is 12.1. The molecule has 0 saturated heterocycles. The van der Waals surface area contributed by atoms with Crippen molar-refractivity contribution >= 4 is 0 Å². The third-order valence-electron chi connectivity index (χ3n) is 1.92. The smallest absolute Gasteiger partial charge is 0.0700 e. The van der Waals surface area contributed by atoms with E-state index >= 15 is 0 Å². The van der Waals surface area contributed by atoms with Crippen molar-refractivity contribution in [1.82, 2.24) is 0 Å². The summed E-state index contributed by atoms with van der Waals surface area (Å²) in [6.07, 6.45) is 2.68. The second-order valence-corrected chi connectivity index (χ2v) is 6.82. The summed E-state index contributed by atoms with van der Waals surface area (Å²) in [5.41, 5.74) is 0.981. The molecule has 0 fully saturated rings. The molecule has 0 aliphatic rings. The Bertz CT molecular complexity index is 146. The SMILES string of the molecule is CC(CC(C)(C)C)CC(C)(C)C.CN=O. The van der Waals surface area contributed by atoms with Crippen molar-refractivity contribution in [3.63, 3.8) is 0 Å². The predicted molar refractivity (Wildman–Crippen MR) is 69.0 cm³/mol. The van der Waals surface area contributed by atoms with E-state index in [1.165, 1.54) is 19.9 Å². The predicted octanol–water partition coefficient (Wildman–Crippen LogP) is 4.88. The Balaban J connectivity index is 0. The summed E-state index contributed by atoms with van der Waals surface area (Å²) in [6.45, 7) is 16.3. The van der Waals surface area contributed by atoms with Crippen molar-refractivity contribution in [2.24, 2.45) is 21.9 Å². The van der Waals surface area contributed by atoms with Crippen LogP contribution in [0.25, 0.3) is 0 Å². The molecule has 0 aliphatic heterocycles. The summed E-state index contributed by atoms with van der Waals surface area (Å²) in [4.78, 5) is 8.56. The quantitative estimate of drug-likeness (QED) is 0.604. The molecule has 0 aromatic heterocycles. The molecule has 0 unspecified atom stereocenters.